The molecule has 3 rings (SSSR count). The van der Waals surface area contributed by atoms with Crippen molar-refractivity contribution in [2.75, 3.05) is 7.05 Å². The molecule has 1 aromatic carbocycles. The first-order valence-corrected chi connectivity index (χ1v) is 6.52. The normalized spacial score (nSPS) is 12.8. The Kier molecular flexibility index (Phi) is 3.42. The molecule has 0 aliphatic carbocycles. The van der Waals surface area contributed by atoms with Crippen LogP contribution in [0.5, 0.6) is 0 Å². The molecule has 102 valence electrons. The fourth-order valence-electron chi connectivity index (χ4n) is 2.25. The number of pyridine rings is 1. The van der Waals surface area contributed by atoms with Crippen molar-refractivity contribution in [2.24, 2.45) is 0 Å². The second kappa shape index (κ2) is 5.23. The SMILES string of the molecule is CNC(c1cc2cc(Cl)ccc2o1)c1ccncc1F. The van der Waals surface area contributed by atoms with Crippen molar-refractivity contribution in [3.8, 4) is 0 Å². The van der Waals surface area contributed by atoms with Gasteiger partial charge in [0.1, 0.15) is 17.2 Å². The third-order valence-corrected chi connectivity index (χ3v) is 3.42. The second-order valence-electron chi connectivity index (χ2n) is 4.45. The number of hydrogen-bond donors (Lipinski definition) is 1. The summed E-state index contributed by atoms with van der Waals surface area (Å²) < 4.78 is 19.6. The average Bonchev–Trinajstić information content (AvgIpc) is 2.84. The highest BCUT2D eigenvalue weighted by atomic mass is 35.5. The highest BCUT2D eigenvalue weighted by molar-refractivity contribution is 6.31. The van der Waals surface area contributed by atoms with Crippen LogP contribution < -0.4 is 5.32 Å². The maximum Gasteiger partial charge on any atom is 0.146 e. The molecule has 0 spiro atoms. The summed E-state index contributed by atoms with van der Waals surface area (Å²) in [6, 6.07) is 8.51. The van der Waals surface area contributed by atoms with Gasteiger partial charge in [-0.2, -0.15) is 0 Å². The van der Waals surface area contributed by atoms with E-state index in [9.17, 15) is 4.39 Å². The number of hydrogen-bond acceptors (Lipinski definition) is 3. The van der Waals surface area contributed by atoms with Gasteiger partial charge in [-0.25, -0.2) is 4.39 Å². The zero-order chi connectivity index (χ0) is 14.1. The van der Waals surface area contributed by atoms with E-state index in [2.05, 4.69) is 10.3 Å². The molecule has 1 N–H and O–H groups in total. The summed E-state index contributed by atoms with van der Waals surface area (Å²) >= 11 is 5.96. The van der Waals surface area contributed by atoms with E-state index in [1.807, 2.05) is 12.1 Å². The third kappa shape index (κ3) is 2.28. The lowest BCUT2D eigenvalue weighted by molar-refractivity contribution is 0.475. The first-order valence-electron chi connectivity index (χ1n) is 6.14. The highest BCUT2D eigenvalue weighted by Gasteiger charge is 2.20. The molecule has 1 atom stereocenters. The van der Waals surface area contributed by atoms with Crippen molar-refractivity contribution in [3.05, 3.63) is 64.9 Å². The van der Waals surface area contributed by atoms with Gasteiger partial charge >= 0.3 is 0 Å². The number of rotatable bonds is 3. The first-order chi connectivity index (χ1) is 9.69. The van der Waals surface area contributed by atoms with E-state index in [0.29, 0.717) is 16.3 Å². The van der Waals surface area contributed by atoms with E-state index in [0.717, 1.165) is 11.0 Å². The summed E-state index contributed by atoms with van der Waals surface area (Å²) in [5.74, 6) is 0.264. The summed E-state index contributed by atoms with van der Waals surface area (Å²) in [5, 5.41) is 4.59. The van der Waals surface area contributed by atoms with E-state index < -0.39 is 0 Å². The maximum atomic E-state index is 13.9. The molecule has 3 aromatic rings. The van der Waals surface area contributed by atoms with E-state index in [4.69, 9.17) is 16.0 Å². The van der Waals surface area contributed by atoms with Crippen molar-refractivity contribution in [2.45, 2.75) is 6.04 Å². The van der Waals surface area contributed by atoms with Gasteiger partial charge in [-0.1, -0.05) is 11.6 Å². The summed E-state index contributed by atoms with van der Waals surface area (Å²) in [5.41, 5.74) is 1.21. The summed E-state index contributed by atoms with van der Waals surface area (Å²) in [7, 11) is 1.75. The standard InChI is InChI=1S/C15H12ClFN2O/c1-18-15(11-4-5-19-8-12(11)17)14-7-9-6-10(16)2-3-13(9)20-14/h2-8,15,18H,1H3. The molecule has 0 amide bonds. The van der Waals surface area contributed by atoms with Crippen LogP contribution in [0.25, 0.3) is 11.0 Å². The molecule has 3 nitrogen and oxygen atoms in total. The van der Waals surface area contributed by atoms with Crippen molar-refractivity contribution < 1.29 is 8.81 Å². The zero-order valence-electron chi connectivity index (χ0n) is 10.7. The molecule has 2 aromatic heterocycles. The number of halogens is 2. The Morgan fingerprint density at radius 1 is 1.30 bits per heavy atom. The molecule has 2 heterocycles. The van der Waals surface area contributed by atoms with Crippen molar-refractivity contribution in [3.63, 3.8) is 0 Å². The van der Waals surface area contributed by atoms with Gasteiger partial charge in [0.15, 0.2) is 0 Å². The van der Waals surface area contributed by atoms with Gasteiger partial charge < -0.3 is 9.73 Å². The van der Waals surface area contributed by atoms with Crippen LogP contribution in [0.4, 0.5) is 4.39 Å². The van der Waals surface area contributed by atoms with Crippen molar-refractivity contribution >= 4 is 22.6 Å². The minimum absolute atomic E-state index is 0.370. The predicted molar refractivity (Wildman–Crippen MR) is 76.3 cm³/mol. The van der Waals surface area contributed by atoms with Gasteiger partial charge in [0, 0.05) is 22.2 Å². The average molecular weight is 291 g/mol. The molecule has 0 saturated heterocycles. The smallest absolute Gasteiger partial charge is 0.146 e. The second-order valence-corrected chi connectivity index (χ2v) is 4.89. The number of nitrogens with zero attached hydrogens (tertiary/aromatic N) is 1. The van der Waals surface area contributed by atoms with Crippen LogP contribution in [0.1, 0.15) is 17.4 Å². The van der Waals surface area contributed by atoms with Gasteiger partial charge in [0.2, 0.25) is 0 Å². The molecule has 0 saturated carbocycles. The number of aromatic nitrogens is 1. The van der Waals surface area contributed by atoms with Crippen LogP contribution in [0.3, 0.4) is 0 Å². The molecular weight excluding hydrogens is 279 g/mol. The van der Waals surface area contributed by atoms with Crippen LogP contribution in [-0.2, 0) is 0 Å². The Morgan fingerprint density at radius 3 is 2.90 bits per heavy atom. The van der Waals surface area contributed by atoms with E-state index in [1.54, 1.807) is 31.4 Å². The lowest BCUT2D eigenvalue weighted by Crippen LogP contribution is -2.18. The third-order valence-electron chi connectivity index (χ3n) is 3.19. The van der Waals surface area contributed by atoms with Gasteiger partial charge in [0.25, 0.3) is 0 Å². The van der Waals surface area contributed by atoms with Crippen molar-refractivity contribution in [1.82, 2.24) is 10.3 Å². The van der Waals surface area contributed by atoms with Crippen LogP contribution in [0.2, 0.25) is 5.02 Å². The fraction of sp³-hybridized carbons (Fsp3) is 0.133. The molecular formula is C15H12ClFN2O. The Morgan fingerprint density at radius 2 is 2.15 bits per heavy atom. The molecule has 0 aliphatic rings. The van der Waals surface area contributed by atoms with Gasteiger partial charge in [-0.3, -0.25) is 4.98 Å². The minimum Gasteiger partial charge on any atom is -0.459 e. The van der Waals surface area contributed by atoms with Crippen LogP contribution in [0, 0.1) is 5.82 Å². The number of furan rings is 1. The monoisotopic (exact) mass is 290 g/mol. The largest absolute Gasteiger partial charge is 0.459 e. The Hall–Kier alpha value is -1.91. The lowest BCUT2D eigenvalue weighted by Gasteiger charge is -2.14. The number of fused-ring (bicyclic) bond motifs is 1. The molecule has 0 bridgehead atoms. The molecule has 20 heavy (non-hydrogen) atoms. The number of nitrogens with one attached hydrogen (secondary N) is 1. The van der Waals surface area contributed by atoms with Gasteiger partial charge in [-0.15, -0.1) is 0 Å². The van der Waals surface area contributed by atoms with Crippen LogP contribution in [-0.4, -0.2) is 12.0 Å². The zero-order valence-corrected chi connectivity index (χ0v) is 11.5. The van der Waals surface area contributed by atoms with Crippen LogP contribution >= 0.6 is 11.6 Å². The topological polar surface area (TPSA) is 38.1 Å². The quantitative estimate of drug-likeness (QED) is 0.794. The minimum atomic E-state index is -0.371. The molecule has 5 heteroatoms. The molecule has 0 fully saturated rings. The van der Waals surface area contributed by atoms with E-state index in [1.165, 1.54) is 6.20 Å². The molecule has 1 unspecified atom stereocenters. The summed E-state index contributed by atoms with van der Waals surface area (Å²) in [4.78, 5) is 3.76. The van der Waals surface area contributed by atoms with Crippen LogP contribution in [0.15, 0.2) is 47.1 Å². The van der Waals surface area contributed by atoms with E-state index >= 15 is 0 Å². The van der Waals surface area contributed by atoms with Gasteiger partial charge in [0.05, 0.1) is 12.2 Å². The summed E-state index contributed by atoms with van der Waals surface area (Å²) in [6.45, 7) is 0. The Labute approximate surface area is 120 Å². The molecule has 0 aliphatic heterocycles. The lowest BCUT2D eigenvalue weighted by atomic mass is 10.1. The predicted octanol–water partition coefficient (Wildman–Crippen LogP) is 3.93. The van der Waals surface area contributed by atoms with Gasteiger partial charge in [-0.05, 0) is 37.4 Å². The summed E-state index contributed by atoms with van der Waals surface area (Å²) in [6.07, 6.45) is 2.75. The Bertz CT molecular complexity index is 756. The molecule has 0 radical (unpaired) electrons. The fourth-order valence-corrected chi connectivity index (χ4v) is 2.43. The first kappa shape index (κ1) is 13.1. The van der Waals surface area contributed by atoms with E-state index in [-0.39, 0.29) is 11.9 Å². The highest BCUT2D eigenvalue weighted by Crippen LogP contribution is 2.30. The Balaban J connectivity index is 2.10. The number of benzene rings is 1. The maximum absolute atomic E-state index is 13.9. The van der Waals surface area contributed by atoms with Crippen molar-refractivity contribution in [1.29, 1.82) is 0 Å².